The van der Waals surface area contributed by atoms with Crippen molar-refractivity contribution in [3.05, 3.63) is 24.3 Å². The average molecular weight is 336 g/mol. The van der Waals surface area contributed by atoms with E-state index in [1.54, 1.807) is 19.1 Å². The lowest BCUT2D eigenvalue weighted by Crippen LogP contribution is -2.43. The molecule has 2 atom stereocenters. The van der Waals surface area contributed by atoms with Gasteiger partial charge in [0.25, 0.3) is 0 Å². The summed E-state index contributed by atoms with van der Waals surface area (Å²) in [6, 6.07) is 6.51. The predicted molar refractivity (Wildman–Crippen MR) is 88.4 cm³/mol. The van der Waals surface area contributed by atoms with Crippen molar-refractivity contribution in [2.24, 2.45) is 0 Å². The number of anilines is 1. The number of carbonyl (C=O) groups is 3. The molecule has 1 saturated heterocycles. The van der Waals surface area contributed by atoms with E-state index in [1.165, 1.54) is 23.6 Å². The minimum atomic E-state index is -0.937. The Bertz CT molecular complexity index is 603. The zero-order valence-electron chi connectivity index (χ0n) is 13.1. The first-order valence-electron chi connectivity index (χ1n) is 7.46. The van der Waals surface area contributed by atoms with E-state index in [1.807, 2.05) is 12.1 Å². The van der Waals surface area contributed by atoms with E-state index in [0.717, 1.165) is 11.3 Å². The number of nitrogens with zero attached hydrogens (tertiary/aromatic N) is 1. The van der Waals surface area contributed by atoms with Crippen LogP contribution in [0.1, 0.15) is 26.7 Å². The third-order valence-electron chi connectivity index (χ3n) is 3.66. The first-order valence-corrected chi connectivity index (χ1v) is 8.34. The highest BCUT2D eigenvalue weighted by Gasteiger charge is 2.35. The zero-order chi connectivity index (χ0) is 17.0. The first-order chi connectivity index (χ1) is 10.9. The lowest BCUT2D eigenvalue weighted by Gasteiger charge is -2.24. The number of rotatable bonds is 5. The number of carbonyl (C=O) groups excluding carboxylic acids is 2. The summed E-state index contributed by atoms with van der Waals surface area (Å²) in [4.78, 5) is 37.0. The van der Waals surface area contributed by atoms with Crippen molar-refractivity contribution in [3.8, 4) is 0 Å². The highest BCUT2D eigenvalue weighted by molar-refractivity contribution is 8.00. The number of thioether (sulfide) groups is 1. The molecule has 124 valence electrons. The summed E-state index contributed by atoms with van der Waals surface area (Å²) >= 11 is 1.38. The van der Waals surface area contributed by atoms with Crippen LogP contribution >= 0.6 is 11.8 Å². The van der Waals surface area contributed by atoms with E-state index in [4.69, 9.17) is 0 Å². The van der Waals surface area contributed by atoms with Gasteiger partial charge in [-0.3, -0.25) is 9.59 Å². The van der Waals surface area contributed by atoms with Gasteiger partial charge < -0.3 is 15.3 Å². The SMILES string of the molecule is CC(=O)Nc1ccc(SC(C)C(=O)N2CCC[C@H]2C(=O)O)cc1. The largest absolute Gasteiger partial charge is 0.480 e. The maximum atomic E-state index is 12.5. The van der Waals surface area contributed by atoms with Gasteiger partial charge in [0.2, 0.25) is 11.8 Å². The number of aliphatic carboxylic acids is 1. The number of nitrogens with one attached hydrogen (secondary N) is 1. The molecule has 0 radical (unpaired) electrons. The molecule has 1 aliphatic heterocycles. The number of likely N-dealkylation sites (tertiary alicyclic amines) is 1. The second-order valence-electron chi connectivity index (χ2n) is 5.49. The molecule has 0 aliphatic carbocycles. The molecule has 2 amide bonds. The van der Waals surface area contributed by atoms with Crippen molar-refractivity contribution in [1.82, 2.24) is 4.90 Å². The molecule has 1 fully saturated rings. The third-order valence-corrected chi connectivity index (χ3v) is 4.76. The summed E-state index contributed by atoms with van der Waals surface area (Å²) < 4.78 is 0. The summed E-state index contributed by atoms with van der Waals surface area (Å²) in [6.45, 7) is 3.73. The summed E-state index contributed by atoms with van der Waals surface area (Å²) in [5.74, 6) is -1.22. The second-order valence-corrected chi connectivity index (χ2v) is 6.91. The fraction of sp³-hybridized carbons (Fsp3) is 0.438. The minimum Gasteiger partial charge on any atom is -0.480 e. The molecule has 1 heterocycles. The van der Waals surface area contributed by atoms with Crippen LogP contribution in [-0.2, 0) is 14.4 Å². The summed E-state index contributed by atoms with van der Waals surface area (Å²) in [5.41, 5.74) is 0.700. The fourth-order valence-corrected chi connectivity index (χ4v) is 3.53. The number of hydrogen-bond acceptors (Lipinski definition) is 4. The smallest absolute Gasteiger partial charge is 0.326 e. The highest BCUT2D eigenvalue weighted by Crippen LogP contribution is 2.28. The van der Waals surface area contributed by atoms with Crippen LogP contribution in [0, 0.1) is 0 Å². The van der Waals surface area contributed by atoms with Crippen LogP contribution in [0.5, 0.6) is 0 Å². The van der Waals surface area contributed by atoms with Crippen molar-refractivity contribution < 1.29 is 19.5 Å². The van der Waals surface area contributed by atoms with Gasteiger partial charge >= 0.3 is 5.97 Å². The Morgan fingerprint density at radius 3 is 2.52 bits per heavy atom. The van der Waals surface area contributed by atoms with Gasteiger partial charge in [-0.25, -0.2) is 4.79 Å². The molecule has 2 rings (SSSR count). The molecule has 7 heteroatoms. The maximum absolute atomic E-state index is 12.5. The molecule has 1 aromatic rings. The zero-order valence-corrected chi connectivity index (χ0v) is 13.9. The van der Waals surface area contributed by atoms with Crippen LogP contribution in [0.15, 0.2) is 29.2 Å². The quantitative estimate of drug-likeness (QED) is 0.805. The van der Waals surface area contributed by atoms with E-state index in [0.29, 0.717) is 18.7 Å². The molecule has 0 spiro atoms. The monoisotopic (exact) mass is 336 g/mol. The fourth-order valence-electron chi connectivity index (χ4n) is 2.60. The normalized spacial score (nSPS) is 18.5. The third kappa shape index (κ3) is 4.48. The molecular formula is C16H20N2O4S. The van der Waals surface area contributed by atoms with E-state index in [9.17, 15) is 19.5 Å². The van der Waals surface area contributed by atoms with E-state index >= 15 is 0 Å². The van der Waals surface area contributed by atoms with Gasteiger partial charge in [0.15, 0.2) is 0 Å². The van der Waals surface area contributed by atoms with Gasteiger partial charge in [-0.05, 0) is 44.0 Å². The van der Waals surface area contributed by atoms with E-state index in [2.05, 4.69) is 5.32 Å². The summed E-state index contributed by atoms with van der Waals surface area (Å²) in [6.07, 6.45) is 1.25. The topological polar surface area (TPSA) is 86.7 Å². The molecular weight excluding hydrogens is 316 g/mol. The van der Waals surface area contributed by atoms with Crippen molar-refractivity contribution >= 4 is 35.2 Å². The standard InChI is InChI=1S/C16H20N2O4S/c1-10(15(20)18-9-3-4-14(18)16(21)22)23-13-7-5-12(6-8-13)17-11(2)19/h5-8,10,14H,3-4,9H2,1-2H3,(H,17,19)(H,21,22)/t10?,14-/m0/s1. The summed E-state index contributed by atoms with van der Waals surface area (Å²) in [7, 11) is 0. The van der Waals surface area contributed by atoms with Crippen LogP contribution in [0.3, 0.4) is 0 Å². The van der Waals surface area contributed by atoms with Gasteiger partial charge in [0.1, 0.15) is 6.04 Å². The van der Waals surface area contributed by atoms with Crippen molar-refractivity contribution in [1.29, 1.82) is 0 Å². The molecule has 0 saturated carbocycles. The van der Waals surface area contributed by atoms with Gasteiger partial charge in [-0.1, -0.05) is 0 Å². The van der Waals surface area contributed by atoms with Crippen LogP contribution in [0.25, 0.3) is 0 Å². The number of hydrogen-bond donors (Lipinski definition) is 2. The van der Waals surface area contributed by atoms with Crippen LogP contribution < -0.4 is 5.32 Å². The molecule has 0 bridgehead atoms. The van der Waals surface area contributed by atoms with Crippen molar-refractivity contribution in [3.63, 3.8) is 0 Å². The molecule has 1 aromatic carbocycles. The number of carboxylic acid groups (broad SMARTS) is 1. The summed E-state index contributed by atoms with van der Waals surface area (Å²) in [5, 5.41) is 11.5. The van der Waals surface area contributed by atoms with E-state index < -0.39 is 12.0 Å². The van der Waals surface area contributed by atoms with Crippen LogP contribution in [0.2, 0.25) is 0 Å². The van der Waals surface area contributed by atoms with Gasteiger partial charge in [0.05, 0.1) is 5.25 Å². The second kappa shape index (κ2) is 7.50. The minimum absolute atomic E-state index is 0.136. The number of amides is 2. The lowest BCUT2D eigenvalue weighted by molar-refractivity contribution is -0.147. The highest BCUT2D eigenvalue weighted by atomic mass is 32.2. The van der Waals surface area contributed by atoms with Crippen LogP contribution in [0.4, 0.5) is 5.69 Å². The maximum Gasteiger partial charge on any atom is 0.326 e. The molecule has 1 unspecified atom stereocenters. The van der Waals surface area contributed by atoms with Crippen molar-refractivity contribution in [2.75, 3.05) is 11.9 Å². The van der Waals surface area contributed by atoms with Crippen LogP contribution in [-0.4, -0.2) is 45.6 Å². The first kappa shape index (κ1) is 17.3. The number of benzene rings is 1. The Balaban J connectivity index is 1.98. The molecule has 1 aliphatic rings. The Labute approximate surface area is 139 Å². The van der Waals surface area contributed by atoms with Gasteiger partial charge in [0, 0.05) is 24.1 Å². The van der Waals surface area contributed by atoms with E-state index in [-0.39, 0.29) is 17.1 Å². The molecule has 0 aromatic heterocycles. The lowest BCUT2D eigenvalue weighted by atomic mass is 10.2. The molecule has 2 N–H and O–H groups in total. The Kier molecular flexibility index (Phi) is 5.65. The predicted octanol–water partition coefficient (Wildman–Crippen LogP) is 2.20. The Hall–Kier alpha value is -2.02. The Morgan fingerprint density at radius 1 is 1.30 bits per heavy atom. The number of carboxylic acids is 1. The molecule has 6 nitrogen and oxygen atoms in total. The Morgan fingerprint density at radius 2 is 1.96 bits per heavy atom. The van der Waals surface area contributed by atoms with Gasteiger partial charge in [-0.15, -0.1) is 11.8 Å². The van der Waals surface area contributed by atoms with Gasteiger partial charge in [-0.2, -0.15) is 0 Å². The average Bonchev–Trinajstić information content (AvgIpc) is 2.97. The molecule has 23 heavy (non-hydrogen) atoms. The van der Waals surface area contributed by atoms with Crippen molar-refractivity contribution in [2.45, 2.75) is 42.9 Å².